The molecule has 0 aliphatic carbocycles. The minimum absolute atomic E-state index is 0. The van der Waals surface area contributed by atoms with Crippen molar-refractivity contribution < 1.29 is 43.2 Å². The van der Waals surface area contributed by atoms with Gasteiger partial charge in [0, 0.05) is 49.9 Å². The fourth-order valence-electron chi connectivity index (χ4n) is 5.73. The number of nitrogens with zero attached hydrogens (tertiary/aromatic N) is 2. The summed E-state index contributed by atoms with van der Waals surface area (Å²) in [5.41, 5.74) is 2.95. The first-order chi connectivity index (χ1) is 22.6. The van der Waals surface area contributed by atoms with Gasteiger partial charge in [0.2, 0.25) is 0 Å². The number of aliphatic hydroxyl groups is 1. The summed E-state index contributed by atoms with van der Waals surface area (Å²) in [6, 6.07) is 22.2. The van der Waals surface area contributed by atoms with Crippen molar-refractivity contribution >= 4 is 16.6 Å². The fraction of sp³-hybridized carbons (Fsp3) is 0.390. The molecule has 4 nitrogen and oxygen atoms in total. The molecule has 0 bridgehead atoms. The minimum Gasteiger partial charge on any atom is -0.512 e. The number of benzene rings is 3. The van der Waals surface area contributed by atoms with Crippen LogP contribution in [0, 0.1) is 34.6 Å². The Kier molecular flexibility index (Phi) is 15.4. The third kappa shape index (κ3) is 11.4. The van der Waals surface area contributed by atoms with Crippen LogP contribution in [0.1, 0.15) is 90.8 Å². The van der Waals surface area contributed by atoms with Crippen LogP contribution in [0.25, 0.3) is 33.2 Å². The molecule has 1 heterocycles. The van der Waals surface area contributed by atoms with Crippen LogP contribution in [0.4, 0.5) is 13.2 Å². The second-order valence-electron chi connectivity index (χ2n) is 13.3. The first-order valence-electron chi connectivity index (χ1n) is 16.6. The van der Waals surface area contributed by atoms with Crippen molar-refractivity contribution in [3.8, 4) is 28.5 Å². The summed E-state index contributed by atoms with van der Waals surface area (Å²) in [4.78, 5) is 16.0. The van der Waals surface area contributed by atoms with E-state index in [1.165, 1.54) is 23.9 Å². The van der Waals surface area contributed by atoms with Gasteiger partial charge in [-0.2, -0.15) is 18.4 Å². The molecule has 3 aromatic carbocycles. The van der Waals surface area contributed by atoms with Crippen LogP contribution >= 0.6 is 0 Å². The number of fused-ring (bicyclic) bond motifs is 1. The van der Waals surface area contributed by atoms with Crippen molar-refractivity contribution in [2.45, 2.75) is 86.7 Å². The van der Waals surface area contributed by atoms with E-state index < -0.39 is 11.7 Å². The number of pyridine rings is 1. The average molecular weight is 848 g/mol. The molecule has 1 aromatic heterocycles. The smallest absolute Gasteiger partial charge is 0.403 e. The second-order valence-corrected chi connectivity index (χ2v) is 13.3. The number of allylic oxidation sites excluding steroid dienone is 2. The molecule has 0 aliphatic rings. The predicted octanol–water partition coefficient (Wildman–Crippen LogP) is 11.7. The van der Waals surface area contributed by atoms with Crippen LogP contribution < -0.4 is 0 Å². The molecule has 263 valence electrons. The fourth-order valence-corrected chi connectivity index (χ4v) is 5.73. The van der Waals surface area contributed by atoms with Crippen LogP contribution in [0.15, 0.2) is 78.7 Å². The van der Waals surface area contributed by atoms with E-state index in [2.05, 4.69) is 37.9 Å². The van der Waals surface area contributed by atoms with Crippen molar-refractivity contribution in [1.29, 1.82) is 5.26 Å². The Morgan fingerprint density at radius 1 is 0.939 bits per heavy atom. The standard InChI is InChI=1S/C28H22F3N2.C13H24O2.Ir/c1-27(2,3)15-18-8-10-19(11-9-18)24-14-26(33-17-22(24)16-32)21-12-20-6-4-5-7-23(20)25(13-21)28(29,30)31;1-5-10(6-2)12(14)9-13(15)11(7-3)8-4;/h4-11,13-14,17H,15H2,1-3H3;9-11,14H,5-8H2,1-4H3;/q-1;;/b;12-9-;. The molecule has 0 aliphatic heterocycles. The number of nitriles is 1. The topological polar surface area (TPSA) is 74.0 Å². The molecule has 1 radical (unpaired) electrons. The van der Waals surface area contributed by atoms with Gasteiger partial charge in [0.05, 0.1) is 11.3 Å². The van der Waals surface area contributed by atoms with E-state index in [0.717, 1.165) is 43.7 Å². The quantitative estimate of drug-likeness (QED) is 0.0980. The number of alkyl halides is 3. The maximum Gasteiger partial charge on any atom is 0.403 e. The van der Waals surface area contributed by atoms with Crippen LogP contribution in [0.5, 0.6) is 0 Å². The zero-order valence-electron chi connectivity index (χ0n) is 29.3. The van der Waals surface area contributed by atoms with E-state index >= 15 is 0 Å². The molecule has 1 N–H and O–H groups in total. The molecule has 0 saturated carbocycles. The third-order valence-corrected chi connectivity index (χ3v) is 8.46. The average Bonchev–Trinajstić information content (AvgIpc) is 3.04. The zero-order chi connectivity index (χ0) is 35.6. The first-order valence-corrected chi connectivity index (χ1v) is 16.6. The number of aliphatic hydroxyl groups excluding tert-OH is 1. The second kappa shape index (κ2) is 18.3. The number of hydrogen-bond acceptors (Lipinski definition) is 4. The summed E-state index contributed by atoms with van der Waals surface area (Å²) in [6.07, 6.45) is 2.71. The molecule has 0 unspecified atom stereocenters. The summed E-state index contributed by atoms with van der Waals surface area (Å²) in [6.45, 7) is 14.6. The largest absolute Gasteiger partial charge is 0.512 e. The van der Waals surface area contributed by atoms with E-state index in [1.807, 2.05) is 52.0 Å². The van der Waals surface area contributed by atoms with E-state index in [-0.39, 0.29) is 59.8 Å². The SMILES string of the molecule is CC(C)(C)Cc1ccc(-c2cc(-c3[c-]c4ccccc4c(C(F)(F)F)c3)ncc2C#N)cc1.CCC(CC)C(=O)/C=C(\O)C(CC)CC.[Ir]. The monoisotopic (exact) mass is 848 g/mol. The van der Waals surface area contributed by atoms with Gasteiger partial charge in [-0.25, -0.2) is 0 Å². The van der Waals surface area contributed by atoms with E-state index in [9.17, 15) is 28.3 Å². The van der Waals surface area contributed by atoms with Crippen molar-refractivity contribution in [2.75, 3.05) is 0 Å². The van der Waals surface area contributed by atoms with Gasteiger partial charge in [-0.05, 0) is 59.8 Å². The number of ketones is 1. The number of aromatic nitrogens is 1. The van der Waals surface area contributed by atoms with Crippen LogP contribution in [-0.2, 0) is 37.5 Å². The summed E-state index contributed by atoms with van der Waals surface area (Å²) in [7, 11) is 0. The number of rotatable bonds is 10. The van der Waals surface area contributed by atoms with Crippen LogP contribution in [0.2, 0.25) is 0 Å². The number of hydrogen-bond donors (Lipinski definition) is 1. The molecule has 0 spiro atoms. The van der Waals surface area contributed by atoms with Gasteiger partial charge in [-0.15, -0.1) is 23.6 Å². The molecule has 8 heteroatoms. The number of carbonyl (C=O) groups is 1. The molecule has 49 heavy (non-hydrogen) atoms. The van der Waals surface area contributed by atoms with Crippen LogP contribution in [0.3, 0.4) is 0 Å². The van der Waals surface area contributed by atoms with Gasteiger partial charge in [0.1, 0.15) is 6.07 Å². The van der Waals surface area contributed by atoms with Gasteiger partial charge in [-0.3, -0.25) is 9.78 Å². The molecular formula is C41H46F3IrN2O2-. The van der Waals surface area contributed by atoms with Crippen molar-refractivity contribution in [2.24, 2.45) is 17.3 Å². The van der Waals surface area contributed by atoms with Gasteiger partial charge < -0.3 is 5.11 Å². The Balaban J connectivity index is 0.000000444. The number of halogens is 3. The first kappa shape index (κ1) is 41.4. The summed E-state index contributed by atoms with van der Waals surface area (Å²) in [5, 5.41) is 19.8. The van der Waals surface area contributed by atoms with Crippen molar-refractivity contribution in [3.63, 3.8) is 0 Å². The zero-order valence-corrected chi connectivity index (χ0v) is 31.7. The summed E-state index contributed by atoms with van der Waals surface area (Å²) < 4.78 is 41.3. The predicted molar refractivity (Wildman–Crippen MR) is 188 cm³/mol. The van der Waals surface area contributed by atoms with E-state index in [0.29, 0.717) is 22.2 Å². The van der Waals surface area contributed by atoms with Crippen molar-refractivity contribution in [1.82, 2.24) is 4.98 Å². The molecule has 0 saturated heterocycles. The Hall–Kier alpha value is -3.79. The van der Waals surface area contributed by atoms with Gasteiger partial charge >= 0.3 is 6.18 Å². The van der Waals surface area contributed by atoms with Crippen LogP contribution in [-0.4, -0.2) is 15.9 Å². The molecular weight excluding hydrogens is 802 g/mol. The summed E-state index contributed by atoms with van der Waals surface area (Å²) >= 11 is 0. The van der Waals surface area contributed by atoms with Gasteiger partial charge in [-0.1, -0.05) is 108 Å². The Labute approximate surface area is 302 Å². The molecule has 0 amide bonds. The molecule has 4 aromatic rings. The van der Waals surface area contributed by atoms with Gasteiger partial charge in [0.25, 0.3) is 0 Å². The van der Waals surface area contributed by atoms with Crippen molar-refractivity contribution in [3.05, 3.63) is 101 Å². The molecule has 0 fully saturated rings. The normalized spacial score (nSPS) is 11.9. The minimum atomic E-state index is -4.51. The Bertz CT molecular complexity index is 1760. The van der Waals surface area contributed by atoms with E-state index in [4.69, 9.17) is 0 Å². The maximum atomic E-state index is 13.8. The third-order valence-electron chi connectivity index (χ3n) is 8.46. The Morgan fingerprint density at radius 3 is 2.06 bits per heavy atom. The summed E-state index contributed by atoms with van der Waals surface area (Å²) in [5.74, 6) is 0.547. The van der Waals surface area contributed by atoms with Gasteiger partial charge in [0.15, 0.2) is 5.78 Å². The Morgan fingerprint density at radius 2 is 1.53 bits per heavy atom. The maximum absolute atomic E-state index is 13.8. The van der Waals surface area contributed by atoms with E-state index in [1.54, 1.807) is 24.3 Å². The molecule has 0 atom stereocenters. The number of carbonyl (C=O) groups excluding carboxylic acids is 1. The molecule has 4 rings (SSSR count).